The Morgan fingerprint density at radius 3 is 2.46 bits per heavy atom. The average Bonchev–Trinajstić information content (AvgIpc) is 2.67. The third-order valence-electron chi connectivity index (χ3n) is 3.98. The Balaban J connectivity index is 2.60. The molecule has 0 aliphatic carbocycles. The first-order chi connectivity index (χ1) is 13.5. The monoisotopic (exact) mass is 414 g/mol. The Labute approximate surface area is 168 Å². The molecule has 0 heterocycles. The van der Waals surface area contributed by atoms with Crippen LogP contribution in [0.15, 0.2) is 18.2 Å². The number of unbranched alkanes of at least 4 members (excludes halogenated alkanes) is 5. The second-order valence-electron chi connectivity index (χ2n) is 6.24. The fourth-order valence-corrected chi connectivity index (χ4v) is 3.08. The van der Waals surface area contributed by atoms with Gasteiger partial charge in [0.05, 0.1) is 17.7 Å². The van der Waals surface area contributed by atoms with Crippen LogP contribution < -0.4 is 14.2 Å². The minimum absolute atomic E-state index is 0.0453. The molecule has 0 bridgehead atoms. The van der Waals surface area contributed by atoms with Gasteiger partial charge in [0.2, 0.25) is 0 Å². The van der Waals surface area contributed by atoms with Crippen LogP contribution in [-0.4, -0.2) is 48.0 Å². The van der Waals surface area contributed by atoms with E-state index in [0.717, 1.165) is 19.3 Å². The van der Waals surface area contributed by atoms with Crippen LogP contribution in [0.1, 0.15) is 66.2 Å². The molecule has 1 rings (SSSR count). The molecule has 0 saturated heterocycles. The molecular weight excluding hydrogens is 384 g/mol. The minimum Gasteiger partial charge on any atom is -0.478 e. The first kappa shape index (κ1) is 24.1. The van der Waals surface area contributed by atoms with Crippen LogP contribution in [-0.2, 0) is 16.0 Å². The van der Waals surface area contributed by atoms with Gasteiger partial charge in [-0.25, -0.2) is 9.52 Å². The van der Waals surface area contributed by atoms with Gasteiger partial charge < -0.3 is 19.3 Å². The van der Waals surface area contributed by atoms with Gasteiger partial charge in [0.25, 0.3) is 17.2 Å². The zero-order valence-electron chi connectivity index (χ0n) is 16.5. The topological polar surface area (TPSA) is 114 Å². The molecule has 0 spiro atoms. The summed E-state index contributed by atoms with van der Waals surface area (Å²) in [5.74, 6) is -1.61. The highest BCUT2D eigenvalue weighted by Crippen LogP contribution is 2.19. The number of carboxylic acid groups (broad SMARTS) is 1. The lowest BCUT2D eigenvalue weighted by atomic mass is 10.1. The second kappa shape index (κ2) is 14.1. The van der Waals surface area contributed by atoms with Gasteiger partial charge in [-0.2, -0.15) is 4.21 Å². The molecule has 0 aliphatic heterocycles. The summed E-state index contributed by atoms with van der Waals surface area (Å²) in [6.07, 6.45) is 6.61. The smallest absolute Gasteiger partial charge is 0.336 e. The van der Waals surface area contributed by atoms with Crippen molar-refractivity contribution in [2.24, 2.45) is 0 Å². The van der Waals surface area contributed by atoms with E-state index in [9.17, 15) is 18.9 Å². The van der Waals surface area contributed by atoms with Crippen molar-refractivity contribution in [3.05, 3.63) is 29.3 Å². The fraction of sp³-hybridized carbons (Fsp3) is 0.579. The summed E-state index contributed by atoms with van der Waals surface area (Å²) in [5, 5.41) is 12.1. The lowest BCUT2D eigenvalue weighted by molar-refractivity contribution is 0.0690. The predicted molar refractivity (Wildman–Crippen MR) is 108 cm³/mol. The highest BCUT2D eigenvalue weighted by Gasteiger charge is 2.18. The molecule has 1 aromatic carbocycles. The standard InChI is InChI=1S/C19H30N2O6S/c1-3-4-5-6-7-8-11-20-18(22)16-10-9-15(14-17(16)19(23)24)27-28(25)21-12-13-26-2/h9-10,14,21H,3-8,11-13H2,1-2H3,(H,20,22)(H,23,24). The van der Waals surface area contributed by atoms with Crippen molar-refractivity contribution < 1.29 is 27.8 Å². The van der Waals surface area contributed by atoms with Gasteiger partial charge in [-0.05, 0) is 24.6 Å². The first-order valence-electron chi connectivity index (χ1n) is 9.47. The Kier molecular flexibility index (Phi) is 12.1. The van der Waals surface area contributed by atoms with Crippen molar-refractivity contribution in [1.82, 2.24) is 10.0 Å². The van der Waals surface area contributed by atoms with Gasteiger partial charge >= 0.3 is 5.97 Å². The van der Waals surface area contributed by atoms with E-state index >= 15 is 0 Å². The molecule has 0 radical (unpaired) electrons. The van der Waals surface area contributed by atoms with E-state index in [-0.39, 0.29) is 16.9 Å². The molecule has 0 saturated carbocycles. The number of carboxylic acids is 1. The molecule has 158 valence electrons. The number of aromatic carboxylic acids is 1. The number of methoxy groups -OCH3 is 1. The lowest BCUT2D eigenvalue weighted by Gasteiger charge is -2.10. The van der Waals surface area contributed by atoms with E-state index < -0.39 is 23.1 Å². The van der Waals surface area contributed by atoms with Crippen LogP contribution in [0.25, 0.3) is 0 Å². The van der Waals surface area contributed by atoms with E-state index in [0.29, 0.717) is 19.7 Å². The van der Waals surface area contributed by atoms with E-state index in [1.54, 1.807) is 0 Å². The zero-order chi connectivity index (χ0) is 20.8. The van der Waals surface area contributed by atoms with E-state index in [2.05, 4.69) is 17.0 Å². The third-order valence-corrected chi connectivity index (χ3v) is 4.76. The largest absolute Gasteiger partial charge is 0.478 e. The van der Waals surface area contributed by atoms with Gasteiger partial charge in [-0.15, -0.1) is 0 Å². The molecule has 8 nitrogen and oxygen atoms in total. The summed E-state index contributed by atoms with van der Waals surface area (Å²) in [5.41, 5.74) is -0.157. The molecule has 1 aromatic rings. The van der Waals surface area contributed by atoms with Gasteiger partial charge in [0.1, 0.15) is 5.75 Å². The number of carbonyl (C=O) groups is 2. The summed E-state index contributed by atoms with van der Waals surface area (Å²) < 4.78 is 24.3. The van der Waals surface area contributed by atoms with Crippen molar-refractivity contribution in [2.75, 3.05) is 26.8 Å². The average molecular weight is 415 g/mol. The summed E-state index contributed by atoms with van der Waals surface area (Å²) >= 11 is -1.84. The number of nitrogens with one attached hydrogen (secondary N) is 2. The van der Waals surface area contributed by atoms with Crippen molar-refractivity contribution in [2.45, 2.75) is 45.4 Å². The maximum absolute atomic E-state index is 12.3. The van der Waals surface area contributed by atoms with E-state index in [4.69, 9.17) is 8.92 Å². The summed E-state index contributed by atoms with van der Waals surface area (Å²) in [7, 11) is 1.51. The summed E-state index contributed by atoms with van der Waals surface area (Å²) in [6, 6.07) is 3.97. The molecule has 28 heavy (non-hydrogen) atoms. The molecule has 0 aliphatic rings. The molecule has 3 N–H and O–H groups in total. The Hall–Kier alpha value is -1.97. The third kappa shape index (κ3) is 9.29. The van der Waals surface area contributed by atoms with Crippen LogP contribution in [0, 0.1) is 0 Å². The SMILES string of the molecule is CCCCCCCCNC(=O)c1ccc(OS(=O)NCCOC)cc1C(=O)O. The van der Waals surface area contributed by atoms with Crippen molar-refractivity contribution in [3.8, 4) is 5.75 Å². The predicted octanol–water partition coefficient (Wildman–Crippen LogP) is 2.67. The van der Waals surface area contributed by atoms with Gasteiger partial charge in [-0.3, -0.25) is 4.79 Å². The molecule has 1 unspecified atom stereocenters. The maximum Gasteiger partial charge on any atom is 0.336 e. The van der Waals surface area contributed by atoms with Gasteiger partial charge in [-0.1, -0.05) is 39.0 Å². The number of hydrogen-bond donors (Lipinski definition) is 3. The molecule has 9 heteroatoms. The highest BCUT2D eigenvalue weighted by atomic mass is 32.2. The minimum atomic E-state index is -1.84. The fourth-order valence-electron chi connectivity index (χ4n) is 2.50. The maximum atomic E-state index is 12.3. The number of amides is 1. The number of carbonyl (C=O) groups excluding carboxylic acids is 1. The van der Waals surface area contributed by atoms with Crippen LogP contribution in [0.4, 0.5) is 0 Å². The zero-order valence-corrected chi connectivity index (χ0v) is 17.3. The molecule has 0 fully saturated rings. The number of hydrogen-bond acceptors (Lipinski definition) is 5. The molecule has 1 amide bonds. The van der Waals surface area contributed by atoms with Crippen molar-refractivity contribution >= 4 is 23.1 Å². The second-order valence-corrected chi connectivity index (χ2v) is 7.17. The van der Waals surface area contributed by atoms with Crippen LogP contribution >= 0.6 is 0 Å². The number of rotatable bonds is 15. The van der Waals surface area contributed by atoms with Crippen LogP contribution in [0.3, 0.4) is 0 Å². The normalized spacial score (nSPS) is 11.8. The van der Waals surface area contributed by atoms with Gasteiger partial charge in [0.15, 0.2) is 0 Å². The highest BCUT2D eigenvalue weighted by molar-refractivity contribution is 7.78. The molecule has 1 atom stereocenters. The quantitative estimate of drug-likeness (QED) is 0.380. The van der Waals surface area contributed by atoms with Gasteiger partial charge in [0, 0.05) is 20.2 Å². The van der Waals surface area contributed by atoms with E-state index in [1.165, 1.54) is 44.6 Å². The van der Waals surface area contributed by atoms with Crippen LogP contribution in [0.5, 0.6) is 5.75 Å². The summed E-state index contributed by atoms with van der Waals surface area (Å²) in [4.78, 5) is 23.8. The number of ether oxygens (including phenoxy) is 1. The summed E-state index contributed by atoms with van der Waals surface area (Å²) in [6.45, 7) is 3.32. The van der Waals surface area contributed by atoms with Crippen LogP contribution in [0.2, 0.25) is 0 Å². The van der Waals surface area contributed by atoms with Crippen molar-refractivity contribution in [1.29, 1.82) is 0 Å². The Morgan fingerprint density at radius 1 is 1.07 bits per heavy atom. The van der Waals surface area contributed by atoms with E-state index in [1.807, 2.05) is 0 Å². The Morgan fingerprint density at radius 2 is 1.79 bits per heavy atom. The van der Waals surface area contributed by atoms with Crippen molar-refractivity contribution in [3.63, 3.8) is 0 Å². The molecule has 0 aromatic heterocycles. The number of benzene rings is 1. The lowest BCUT2D eigenvalue weighted by Crippen LogP contribution is -2.27. The molecular formula is C19H30N2O6S. The first-order valence-corrected chi connectivity index (χ1v) is 10.5. The Bertz CT molecular complexity index is 653.